The quantitative estimate of drug-likeness (QED) is 0.881. The summed E-state index contributed by atoms with van der Waals surface area (Å²) in [5.74, 6) is 1.06. The van der Waals surface area contributed by atoms with Crippen LogP contribution in [0.25, 0.3) is 0 Å². The third-order valence-electron chi connectivity index (χ3n) is 3.86. The molecule has 1 aliphatic carbocycles. The smallest absolute Gasteiger partial charge is 0.243 e. The van der Waals surface area contributed by atoms with Gasteiger partial charge in [0, 0.05) is 18.9 Å². The first-order valence-corrected chi connectivity index (χ1v) is 6.95. The molecular weight excluding hydrogens is 240 g/mol. The number of amides is 1. The van der Waals surface area contributed by atoms with Gasteiger partial charge in [-0.2, -0.15) is 0 Å². The molecule has 0 radical (unpaired) electrons. The van der Waals surface area contributed by atoms with Crippen molar-refractivity contribution in [3.63, 3.8) is 0 Å². The maximum atomic E-state index is 12.1. The average molecular weight is 262 g/mol. The Balaban J connectivity index is 1.83. The number of nitrogens with one attached hydrogen (secondary N) is 1. The second-order valence-electron chi connectivity index (χ2n) is 5.33. The lowest BCUT2D eigenvalue weighted by molar-refractivity contribution is -0.120. The van der Waals surface area contributed by atoms with E-state index in [1.807, 2.05) is 14.0 Å². The fourth-order valence-corrected chi connectivity index (χ4v) is 2.54. The molecule has 1 aromatic rings. The molecule has 1 aliphatic rings. The van der Waals surface area contributed by atoms with Crippen molar-refractivity contribution in [2.75, 3.05) is 18.9 Å². The van der Waals surface area contributed by atoms with Crippen LogP contribution in [-0.4, -0.2) is 40.4 Å². The van der Waals surface area contributed by atoms with Gasteiger partial charge in [0.15, 0.2) is 0 Å². The van der Waals surface area contributed by atoms with E-state index in [9.17, 15) is 4.79 Å². The number of nitrogens with zero attached hydrogens (tertiary/aromatic N) is 3. The van der Waals surface area contributed by atoms with Crippen molar-refractivity contribution in [2.45, 2.75) is 38.6 Å². The molecule has 1 N–H and O–H groups in total. The molecule has 2 rings (SSSR count). The van der Waals surface area contributed by atoms with E-state index in [0.29, 0.717) is 5.95 Å². The Hall–Kier alpha value is -1.49. The van der Waals surface area contributed by atoms with E-state index in [0.717, 1.165) is 12.5 Å². The van der Waals surface area contributed by atoms with Crippen LogP contribution in [0.15, 0.2) is 18.5 Å². The van der Waals surface area contributed by atoms with Gasteiger partial charge in [-0.3, -0.25) is 15.0 Å². The topological polar surface area (TPSA) is 58.1 Å². The zero-order valence-corrected chi connectivity index (χ0v) is 11.7. The van der Waals surface area contributed by atoms with E-state index in [2.05, 4.69) is 20.2 Å². The highest BCUT2D eigenvalue weighted by atomic mass is 16.2. The van der Waals surface area contributed by atoms with Crippen LogP contribution in [0.5, 0.6) is 0 Å². The maximum Gasteiger partial charge on any atom is 0.243 e. The monoisotopic (exact) mass is 262 g/mol. The number of hydrogen-bond donors (Lipinski definition) is 1. The van der Waals surface area contributed by atoms with Crippen LogP contribution in [0.3, 0.4) is 0 Å². The van der Waals surface area contributed by atoms with Gasteiger partial charge < -0.3 is 0 Å². The first kappa shape index (κ1) is 13.9. The van der Waals surface area contributed by atoms with Crippen molar-refractivity contribution in [3.8, 4) is 0 Å². The van der Waals surface area contributed by atoms with E-state index in [-0.39, 0.29) is 11.9 Å². The number of likely N-dealkylation sites (N-methyl/N-ethyl adjacent to an activating group) is 1. The summed E-state index contributed by atoms with van der Waals surface area (Å²) in [6, 6.07) is 1.56. The fraction of sp³-hybridized carbons (Fsp3) is 0.643. The lowest BCUT2D eigenvalue weighted by Gasteiger charge is -2.26. The van der Waals surface area contributed by atoms with Crippen molar-refractivity contribution in [1.82, 2.24) is 14.9 Å². The second-order valence-corrected chi connectivity index (χ2v) is 5.33. The molecule has 5 nitrogen and oxygen atoms in total. The Kier molecular flexibility index (Phi) is 4.85. The van der Waals surface area contributed by atoms with Gasteiger partial charge in [-0.15, -0.1) is 0 Å². The zero-order valence-electron chi connectivity index (χ0n) is 11.7. The summed E-state index contributed by atoms with van der Waals surface area (Å²) in [6.45, 7) is 2.91. The van der Waals surface area contributed by atoms with Crippen LogP contribution in [0.1, 0.15) is 32.6 Å². The van der Waals surface area contributed by atoms with Gasteiger partial charge in [-0.25, -0.2) is 9.97 Å². The minimum absolute atomic E-state index is 0.0494. The number of hydrogen-bond acceptors (Lipinski definition) is 4. The molecule has 1 saturated carbocycles. The molecule has 1 atom stereocenters. The Morgan fingerprint density at radius 3 is 2.68 bits per heavy atom. The Bertz CT molecular complexity index is 403. The summed E-state index contributed by atoms with van der Waals surface area (Å²) in [4.78, 5) is 22.2. The minimum atomic E-state index is -0.163. The first-order chi connectivity index (χ1) is 9.16. The summed E-state index contributed by atoms with van der Waals surface area (Å²) in [5.41, 5.74) is 0. The summed E-state index contributed by atoms with van der Waals surface area (Å²) < 4.78 is 0. The van der Waals surface area contributed by atoms with E-state index in [1.54, 1.807) is 18.5 Å². The van der Waals surface area contributed by atoms with E-state index in [1.165, 1.54) is 25.7 Å². The number of carbonyl (C=O) groups excluding carboxylic acids is 1. The van der Waals surface area contributed by atoms with Gasteiger partial charge >= 0.3 is 0 Å². The molecule has 0 spiro atoms. The van der Waals surface area contributed by atoms with E-state index in [4.69, 9.17) is 0 Å². The highest BCUT2D eigenvalue weighted by Crippen LogP contribution is 2.25. The molecule has 1 fully saturated rings. The average Bonchev–Trinajstić information content (AvgIpc) is 2.91. The Labute approximate surface area is 114 Å². The third kappa shape index (κ3) is 3.99. The lowest BCUT2D eigenvalue weighted by Crippen LogP contribution is -2.41. The largest absolute Gasteiger partial charge is 0.295 e. The molecular formula is C14H22N4O. The molecule has 0 saturated heterocycles. The summed E-state index contributed by atoms with van der Waals surface area (Å²) in [5, 5.41) is 2.74. The molecule has 1 aromatic heterocycles. The van der Waals surface area contributed by atoms with Crippen molar-refractivity contribution in [1.29, 1.82) is 0 Å². The summed E-state index contributed by atoms with van der Waals surface area (Å²) in [6.07, 6.45) is 8.49. The van der Waals surface area contributed by atoms with Crippen molar-refractivity contribution < 1.29 is 4.79 Å². The lowest BCUT2D eigenvalue weighted by atomic mass is 10.1. The Morgan fingerprint density at radius 1 is 1.42 bits per heavy atom. The standard InChI is InChI=1S/C14H22N4O/c1-11(18(2)10-12-6-3-4-7-12)13(19)17-14-15-8-5-9-16-14/h5,8-9,11-12H,3-4,6-7,10H2,1-2H3,(H,15,16,17,19). The van der Waals surface area contributed by atoms with Crippen LogP contribution in [0, 0.1) is 5.92 Å². The van der Waals surface area contributed by atoms with Gasteiger partial charge in [-0.1, -0.05) is 12.8 Å². The zero-order chi connectivity index (χ0) is 13.7. The second kappa shape index (κ2) is 6.61. The van der Waals surface area contributed by atoms with E-state index >= 15 is 0 Å². The number of rotatable bonds is 5. The van der Waals surface area contributed by atoms with Crippen molar-refractivity contribution in [3.05, 3.63) is 18.5 Å². The summed E-state index contributed by atoms with van der Waals surface area (Å²) >= 11 is 0. The van der Waals surface area contributed by atoms with Crippen LogP contribution >= 0.6 is 0 Å². The van der Waals surface area contributed by atoms with Crippen molar-refractivity contribution in [2.24, 2.45) is 5.92 Å². The fourth-order valence-electron chi connectivity index (χ4n) is 2.54. The van der Waals surface area contributed by atoms with Gasteiger partial charge in [0.2, 0.25) is 11.9 Å². The SMILES string of the molecule is CC(C(=O)Nc1ncccn1)N(C)CC1CCCC1. The van der Waals surface area contributed by atoms with E-state index < -0.39 is 0 Å². The molecule has 19 heavy (non-hydrogen) atoms. The highest BCUT2D eigenvalue weighted by molar-refractivity contribution is 5.92. The van der Waals surface area contributed by atoms with Crippen LogP contribution in [0.4, 0.5) is 5.95 Å². The molecule has 1 unspecified atom stereocenters. The van der Waals surface area contributed by atoms with Crippen LogP contribution in [-0.2, 0) is 4.79 Å². The number of carbonyl (C=O) groups is 1. The molecule has 0 bridgehead atoms. The molecule has 104 valence electrons. The summed E-state index contributed by atoms with van der Waals surface area (Å²) in [7, 11) is 2.01. The predicted molar refractivity (Wildman–Crippen MR) is 74.7 cm³/mol. The molecule has 0 aromatic carbocycles. The minimum Gasteiger partial charge on any atom is -0.295 e. The van der Waals surface area contributed by atoms with Crippen LogP contribution < -0.4 is 5.32 Å². The molecule has 1 amide bonds. The predicted octanol–water partition coefficient (Wildman–Crippen LogP) is 1.93. The van der Waals surface area contributed by atoms with Gasteiger partial charge in [0.1, 0.15) is 0 Å². The molecule has 0 aliphatic heterocycles. The number of anilines is 1. The molecule has 5 heteroatoms. The third-order valence-corrected chi connectivity index (χ3v) is 3.86. The van der Waals surface area contributed by atoms with Gasteiger partial charge in [0.05, 0.1) is 6.04 Å². The first-order valence-electron chi connectivity index (χ1n) is 6.95. The highest BCUT2D eigenvalue weighted by Gasteiger charge is 2.23. The van der Waals surface area contributed by atoms with Gasteiger partial charge in [-0.05, 0) is 38.8 Å². The van der Waals surface area contributed by atoms with Crippen molar-refractivity contribution >= 4 is 11.9 Å². The van der Waals surface area contributed by atoms with Crippen LogP contribution in [0.2, 0.25) is 0 Å². The normalized spacial score (nSPS) is 17.6. The maximum absolute atomic E-state index is 12.1. The number of aromatic nitrogens is 2. The Morgan fingerprint density at radius 2 is 2.05 bits per heavy atom. The van der Waals surface area contributed by atoms with Gasteiger partial charge in [0.25, 0.3) is 0 Å². The molecule has 1 heterocycles.